The summed E-state index contributed by atoms with van der Waals surface area (Å²) in [5.41, 5.74) is 3.17. The minimum atomic E-state index is -0.287. The number of benzene rings is 2. The number of aromatic nitrogens is 2. The molecule has 1 aliphatic heterocycles. The summed E-state index contributed by atoms with van der Waals surface area (Å²) in [6, 6.07) is 14.9. The molecule has 3 aromatic rings. The number of carbonyl (C=O) groups excluding carboxylic acids is 2. The van der Waals surface area contributed by atoms with Gasteiger partial charge in [0.15, 0.2) is 0 Å². The van der Waals surface area contributed by atoms with Crippen molar-refractivity contribution >= 4 is 28.5 Å². The summed E-state index contributed by atoms with van der Waals surface area (Å²) in [5, 5.41) is 5.87. The van der Waals surface area contributed by atoms with Crippen LogP contribution in [0.5, 0.6) is 0 Å². The third-order valence-electron chi connectivity index (χ3n) is 5.37. The van der Waals surface area contributed by atoms with Crippen molar-refractivity contribution in [2.24, 2.45) is 7.05 Å². The first-order chi connectivity index (χ1) is 14.6. The van der Waals surface area contributed by atoms with Crippen molar-refractivity contribution in [1.29, 1.82) is 0 Å². The number of anilines is 1. The van der Waals surface area contributed by atoms with E-state index in [4.69, 9.17) is 9.72 Å². The Morgan fingerprint density at radius 3 is 2.80 bits per heavy atom. The Bertz CT molecular complexity index is 1040. The van der Waals surface area contributed by atoms with Crippen LogP contribution in [0.3, 0.4) is 0 Å². The third-order valence-corrected chi connectivity index (χ3v) is 5.37. The van der Waals surface area contributed by atoms with Crippen LogP contribution in [0.2, 0.25) is 0 Å². The highest BCUT2D eigenvalue weighted by atomic mass is 16.5. The summed E-state index contributed by atoms with van der Waals surface area (Å²) in [7, 11) is 1.98. The minimum absolute atomic E-state index is 0.0173. The first-order valence-corrected chi connectivity index (χ1v) is 10.3. The second kappa shape index (κ2) is 9.09. The van der Waals surface area contributed by atoms with E-state index in [0.717, 1.165) is 42.5 Å². The van der Waals surface area contributed by atoms with Crippen molar-refractivity contribution in [1.82, 2.24) is 14.9 Å². The Kier molecular flexibility index (Phi) is 6.09. The van der Waals surface area contributed by atoms with E-state index in [1.54, 1.807) is 12.1 Å². The number of rotatable bonds is 7. The molecule has 1 saturated heterocycles. The van der Waals surface area contributed by atoms with E-state index in [0.29, 0.717) is 24.4 Å². The van der Waals surface area contributed by atoms with E-state index in [9.17, 15) is 9.59 Å². The van der Waals surface area contributed by atoms with E-state index in [1.807, 2.05) is 43.4 Å². The molecule has 30 heavy (non-hydrogen) atoms. The zero-order chi connectivity index (χ0) is 20.9. The van der Waals surface area contributed by atoms with Crippen molar-refractivity contribution in [3.8, 4) is 0 Å². The van der Waals surface area contributed by atoms with Gasteiger partial charge in [0.1, 0.15) is 11.9 Å². The molecule has 2 amide bonds. The molecule has 2 heterocycles. The molecule has 0 unspecified atom stereocenters. The van der Waals surface area contributed by atoms with Gasteiger partial charge < -0.3 is 19.9 Å². The van der Waals surface area contributed by atoms with Crippen LogP contribution in [0.25, 0.3) is 11.0 Å². The average Bonchev–Trinajstić information content (AvgIpc) is 3.40. The van der Waals surface area contributed by atoms with E-state index in [-0.39, 0.29) is 17.9 Å². The van der Waals surface area contributed by atoms with Crippen molar-refractivity contribution in [2.75, 3.05) is 18.5 Å². The van der Waals surface area contributed by atoms with Gasteiger partial charge in [-0.25, -0.2) is 4.98 Å². The van der Waals surface area contributed by atoms with Crippen molar-refractivity contribution in [3.63, 3.8) is 0 Å². The zero-order valence-corrected chi connectivity index (χ0v) is 17.1. The number of aryl methyl sites for hydroxylation is 2. The van der Waals surface area contributed by atoms with Crippen LogP contribution < -0.4 is 10.6 Å². The number of nitrogens with one attached hydrogen (secondary N) is 2. The quantitative estimate of drug-likeness (QED) is 0.591. The molecule has 2 aromatic carbocycles. The molecule has 0 bridgehead atoms. The number of ether oxygens (including phenoxy) is 1. The van der Waals surface area contributed by atoms with E-state index < -0.39 is 0 Å². The van der Waals surface area contributed by atoms with Gasteiger partial charge in [-0.05, 0) is 49.6 Å². The second-order valence-corrected chi connectivity index (χ2v) is 7.51. The van der Waals surface area contributed by atoms with E-state index >= 15 is 0 Å². The molecular formula is C23H26N4O3. The fraction of sp³-hybridized carbons (Fsp3) is 0.348. The number of imidazole rings is 1. The molecule has 156 valence electrons. The highest BCUT2D eigenvalue weighted by Crippen LogP contribution is 2.21. The molecule has 4 rings (SSSR count). The Morgan fingerprint density at radius 1 is 1.20 bits per heavy atom. The molecule has 1 fully saturated rings. The summed E-state index contributed by atoms with van der Waals surface area (Å²) in [6.45, 7) is 1.27. The molecule has 0 spiro atoms. The van der Waals surface area contributed by atoms with Gasteiger partial charge >= 0.3 is 0 Å². The predicted octanol–water partition coefficient (Wildman–Crippen LogP) is 3.05. The molecule has 1 atom stereocenters. The van der Waals surface area contributed by atoms with Crippen LogP contribution >= 0.6 is 0 Å². The predicted molar refractivity (Wildman–Crippen MR) is 115 cm³/mol. The summed E-state index contributed by atoms with van der Waals surface area (Å²) in [6.07, 6.45) is 3.02. The average molecular weight is 406 g/mol. The van der Waals surface area contributed by atoms with Gasteiger partial charge in [-0.1, -0.05) is 18.2 Å². The smallest absolute Gasteiger partial charge is 0.255 e. The summed E-state index contributed by atoms with van der Waals surface area (Å²) in [4.78, 5) is 29.1. The summed E-state index contributed by atoms with van der Waals surface area (Å²) in [5.74, 6) is 0.785. The lowest BCUT2D eigenvalue weighted by atomic mass is 10.2. The van der Waals surface area contributed by atoms with Crippen LogP contribution in [0.1, 0.15) is 35.4 Å². The van der Waals surface area contributed by atoms with Gasteiger partial charge in [0.05, 0.1) is 11.0 Å². The normalized spacial score (nSPS) is 16.0. The van der Waals surface area contributed by atoms with E-state index in [1.165, 1.54) is 0 Å². The molecule has 7 heteroatoms. The Labute approximate surface area is 175 Å². The molecule has 0 radical (unpaired) electrons. The van der Waals surface area contributed by atoms with Crippen molar-refractivity contribution < 1.29 is 14.3 Å². The molecule has 0 aliphatic carbocycles. The van der Waals surface area contributed by atoms with Gasteiger partial charge in [-0.3, -0.25) is 9.59 Å². The van der Waals surface area contributed by atoms with E-state index in [2.05, 4.69) is 15.2 Å². The zero-order valence-electron chi connectivity index (χ0n) is 17.1. The second-order valence-electron chi connectivity index (χ2n) is 7.51. The standard InChI is InChI=1S/C23H26N4O3/c1-27-19-12-11-17(25-22(28)16-7-3-2-4-8-16)15-18(19)26-21(27)10-5-13-24-23(29)20-9-6-14-30-20/h2-4,7-8,11-12,15,20H,5-6,9-10,13-14H2,1H3,(H,24,29)(H,25,28)/t20-/m1/s1. The number of hydrogen-bond donors (Lipinski definition) is 2. The van der Waals surface area contributed by atoms with Gasteiger partial charge in [-0.15, -0.1) is 0 Å². The number of hydrogen-bond acceptors (Lipinski definition) is 4. The lowest BCUT2D eigenvalue weighted by molar-refractivity contribution is -0.130. The van der Waals surface area contributed by atoms with Crippen LogP contribution in [0, 0.1) is 0 Å². The SMILES string of the molecule is Cn1c(CCCNC(=O)[C@H]2CCCO2)nc2cc(NC(=O)c3ccccc3)ccc21. The van der Waals surface area contributed by atoms with Gasteiger partial charge in [0.25, 0.3) is 5.91 Å². The minimum Gasteiger partial charge on any atom is -0.368 e. The first kappa shape index (κ1) is 20.1. The molecule has 2 N–H and O–H groups in total. The number of amides is 2. The number of nitrogens with zero attached hydrogens (tertiary/aromatic N) is 2. The lowest BCUT2D eigenvalue weighted by Crippen LogP contribution is -2.34. The number of fused-ring (bicyclic) bond motifs is 1. The topological polar surface area (TPSA) is 85.2 Å². The molecule has 1 aliphatic rings. The van der Waals surface area contributed by atoms with Gasteiger partial charge in [0.2, 0.25) is 5.91 Å². The maximum Gasteiger partial charge on any atom is 0.255 e. The fourth-order valence-electron chi connectivity index (χ4n) is 3.70. The number of carbonyl (C=O) groups is 2. The molecular weight excluding hydrogens is 380 g/mol. The summed E-state index contributed by atoms with van der Waals surface area (Å²) >= 11 is 0. The maximum atomic E-state index is 12.4. The van der Waals surface area contributed by atoms with Gasteiger partial charge in [-0.2, -0.15) is 0 Å². The van der Waals surface area contributed by atoms with Crippen molar-refractivity contribution in [3.05, 3.63) is 59.9 Å². The fourth-order valence-corrected chi connectivity index (χ4v) is 3.70. The highest BCUT2D eigenvalue weighted by Gasteiger charge is 2.22. The Hall–Kier alpha value is -3.19. The van der Waals surface area contributed by atoms with Crippen LogP contribution in [0.15, 0.2) is 48.5 Å². The van der Waals surface area contributed by atoms with Crippen LogP contribution in [-0.2, 0) is 23.0 Å². The molecule has 1 aromatic heterocycles. The Morgan fingerprint density at radius 2 is 2.03 bits per heavy atom. The lowest BCUT2D eigenvalue weighted by Gasteiger charge is -2.10. The van der Waals surface area contributed by atoms with Crippen LogP contribution in [-0.4, -0.2) is 40.6 Å². The molecule has 0 saturated carbocycles. The van der Waals surface area contributed by atoms with Gasteiger partial charge in [0, 0.05) is 37.9 Å². The largest absolute Gasteiger partial charge is 0.368 e. The molecule has 7 nitrogen and oxygen atoms in total. The summed E-state index contributed by atoms with van der Waals surface area (Å²) < 4.78 is 7.45. The maximum absolute atomic E-state index is 12.4. The van der Waals surface area contributed by atoms with Crippen LogP contribution in [0.4, 0.5) is 5.69 Å². The first-order valence-electron chi connectivity index (χ1n) is 10.3. The monoisotopic (exact) mass is 406 g/mol. The van der Waals surface area contributed by atoms with Crippen molar-refractivity contribution in [2.45, 2.75) is 31.8 Å². The third kappa shape index (κ3) is 4.52. The highest BCUT2D eigenvalue weighted by molar-refractivity contribution is 6.04. The Balaban J connectivity index is 1.36.